The maximum atomic E-state index is 11.2. The van der Waals surface area contributed by atoms with E-state index in [9.17, 15) is 4.79 Å². The van der Waals surface area contributed by atoms with E-state index in [4.69, 9.17) is 5.73 Å². The average Bonchev–Trinajstić information content (AvgIpc) is 2.83. The van der Waals surface area contributed by atoms with Crippen LogP contribution in [0.2, 0.25) is 0 Å². The fraction of sp³-hybridized carbons (Fsp3) is 0.769. The minimum atomic E-state index is -0.515. The third-order valence-corrected chi connectivity index (χ3v) is 4.33. The molecule has 18 heavy (non-hydrogen) atoms. The standard InChI is InChI=1S/C13H20N4O/c14-12(18)13-15-11-8-4-7-10(17(11)16-13)9-5-2-1-3-6-9/h9-10H,1-8H2,(H2,14,18). The highest BCUT2D eigenvalue weighted by Crippen LogP contribution is 2.38. The predicted molar refractivity (Wildman–Crippen MR) is 67.1 cm³/mol. The van der Waals surface area contributed by atoms with Crippen molar-refractivity contribution >= 4 is 5.91 Å². The van der Waals surface area contributed by atoms with Crippen LogP contribution < -0.4 is 5.73 Å². The van der Waals surface area contributed by atoms with Crippen molar-refractivity contribution in [3.8, 4) is 0 Å². The van der Waals surface area contributed by atoms with Crippen molar-refractivity contribution in [2.45, 2.75) is 57.4 Å². The molecule has 1 fully saturated rings. The molecule has 5 nitrogen and oxygen atoms in total. The van der Waals surface area contributed by atoms with Crippen LogP contribution in [-0.4, -0.2) is 20.7 Å². The maximum Gasteiger partial charge on any atom is 0.288 e. The Morgan fingerprint density at radius 3 is 2.67 bits per heavy atom. The molecule has 0 bridgehead atoms. The van der Waals surface area contributed by atoms with Crippen LogP contribution in [0.5, 0.6) is 0 Å². The smallest absolute Gasteiger partial charge is 0.288 e. The number of aromatic nitrogens is 3. The van der Waals surface area contributed by atoms with E-state index in [1.54, 1.807) is 0 Å². The van der Waals surface area contributed by atoms with E-state index in [2.05, 4.69) is 10.1 Å². The zero-order chi connectivity index (χ0) is 12.5. The molecule has 1 unspecified atom stereocenters. The van der Waals surface area contributed by atoms with E-state index in [1.165, 1.54) is 38.5 Å². The van der Waals surface area contributed by atoms with Gasteiger partial charge in [-0.15, -0.1) is 5.10 Å². The molecule has 1 aromatic heterocycles. The van der Waals surface area contributed by atoms with Crippen molar-refractivity contribution in [1.29, 1.82) is 0 Å². The number of aryl methyl sites for hydroxylation is 1. The Morgan fingerprint density at radius 2 is 1.94 bits per heavy atom. The van der Waals surface area contributed by atoms with Gasteiger partial charge in [0.05, 0.1) is 6.04 Å². The van der Waals surface area contributed by atoms with Gasteiger partial charge in [-0.1, -0.05) is 19.3 Å². The SMILES string of the molecule is NC(=O)c1nc2n(n1)C(C1CCCCC1)CCC2. The summed E-state index contributed by atoms with van der Waals surface area (Å²) in [6, 6.07) is 0.439. The molecular weight excluding hydrogens is 228 g/mol. The first-order chi connectivity index (χ1) is 8.75. The molecule has 98 valence electrons. The summed E-state index contributed by atoms with van der Waals surface area (Å²) in [5, 5.41) is 4.34. The zero-order valence-electron chi connectivity index (χ0n) is 10.6. The number of hydrogen-bond donors (Lipinski definition) is 1. The minimum absolute atomic E-state index is 0.188. The fourth-order valence-corrected chi connectivity index (χ4v) is 3.44. The molecule has 1 amide bonds. The Bertz CT molecular complexity index is 448. The van der Waals surface area contributed by atoms with Crippen LogP contribution in [0.3, 0.4) is 0 Å². The summed E-state index contributed by atoms with van der Waals surface area (Å²) in [5.41, 5.74) is 5.27. The molecule has 1 atom stereocenters. The van der Waals surface area contributed by atoms with Crippen LogP contribution in [0.15, 0.2) is 0 Å². The van der Waals surface area contributed by atoms with Gasteiger partial charge < -0.3 is 5.73 Å². The molecule has 1 aliphatic carbocycles. The predicted octanol–water partition coefficient (Wildman–Crippen LogP) is 1.83. The molecule has 0 spiro atoms. The van der Waals surface area contributed by atoms with Crippen LogP contribution >= 0.6 is 0 Å². The lowest BCUT2D eigenvalue weighted by atomic mass is 9.81. The van der Waals surface area contributed by atoms with Crippen molar-refractivity contribution in [1.82, 2.24) is 14.8 Å². The second-order valence-electron chi connectivity index (χ2n) is 5.52. The largest absolute Gasteiger partial charge is 0.363 e. The van der Waals surface area contributed by atoms with Crippen molar-refractivity contribution in [2.24, 2.45) is 11.7 Å². The summed E-state index contributed by atoms with van der Waals surface area (Å²) in [7, 11) is 0. The van der Waals surface area contributed by atoms with Crippen LogP contribution in [0.4, 0.5) is 0 Å². The third kappa shape index (κ3) is 2.02. The molecule has 0 radical (unpaired) electrons. The van der Waals surface area contributed by atoms with Gasteiger partial charge in [-0.25, -0.2) is 9.67 Å². The Hall–Kier alpha value is -1.39. The highest BCUT2D eigenvalue weighted by Gasteiger charge is 2.31. The summed E-state index contributed by atoms with van der Waals surface area (Å²) in [4.78, 5) is 15.5. The van der Waals surface area contributed by atoms with E-state index in [0.29, 0.717) is 12.0 Å². The molecular formula is C13H20N4O. The van der Waals surface area contributed by atoms with E-state index >= 15 is 0 Å². The minimum Gasteiger partial charge on any atom is -0.363 e. The van der Waals surface area contributed by atoms with E-state index in [0.717, 1.165) is 18.7 Å². The molecule has 2 N–H and O–H groups in total. The number of primary amides is 1. The van der Waals surface area contributed by atoms with Gasteiger partial charge in [-0.05, 0) is 31.6 Å². The molecule has 5 heteroatoms. The lowest BCUT2D eigenvalue weighted by Crippen LogP contribution is -2.27. The molecule has 0 aromatic carbocycles. The Morgan fingerprint density at radius 1 is 1.17 bits per heavy atom. The Balaban J connectivity index is 1.88. The first-order valence-corrected chi connectivity index (χ1v) is 7.01. The molecule has 3 rings (SSSR count). The van der Waals surface area contributed by atoms with Gasteiger partial charge in [0.25, 0.3) is 5.91 Å². The number of carbonyl (C=O) groups excluding carboxylic acids is 1. The number of amides is 1. The molecule has 1 saturated carbocycles. The molecule has 2 heterocycles. The number of fused-ring (bicyclic) bond motifs is 1. The van der Waals surface area contributed by atoms with Gasteiger partial charge in [0, 0.05) is 6.42 Å². The summed E-state index contributed by atoms with van der Waals surface area (Å²) >= 11 is 0. The van der Waals surface area contributed by atoms with Gasteiger partial charge >= 0.3 is 0 Å². The normalized spacial score (nSPS) is 24.8. The fourth-order valence-electron chi connectivity index (χ4n) is 3.44. The summed E-state index contributed by atoms with van der Waals surface area (Å²) in [6.45, 7) is 0. The lowest BCUT2D eigenvalue weighted by Gasteiger charge is -2.33. The molecule has 2 aliphatic rings. The van der Waals surface area contributed by atoms with Gasteiger partial charge in [0.15, 0.2) is 0 Å². The number of carbonyl (C=O) groups is 1. The second kappa shape index (κ2) is 4.71. The van der Waals surface area contributed by atoms with Gasteiger partial charge in [-0.2, -0.15) is 0 Å². The first-order valence-electron chi connectivity index (χ1n) is 7.01. The van der Waals surface area contributed by atoms with Gasteiger partial charge in [0.2, 0.25) is 5.82 Å². The van der Waals surface area contributed by atoms with Gasteiger partial charge in [-0.3, -0.25) is 4.79 Å². The highest BCUT2D eigenvalue weighted by atomic mass is 16.1. The molecule has 1 aliphatic heterocycles. The maximum absolute atomic E-state index is 11.2. The number of nitrogens with two attached hydrogens (primary N) is 1. The third-order valence-electron chi connectivity index (χ3n) is 4.33. The van der Waals surface area contributed by atoms with Crippen LogP contribution in [-0.2, 0) is 6.42 Å². The van der Waals surface area contributed by atoms with E-state index in [1.807, 2.05) is 4.68 Å². The Labute approximate surface area is 107 Å². The highest BCUT2D eigenvalue weighted by molar-refractivity contribution is 5.88. The summed E-state index contributed by atoms with van der Waals surface area (Å²) in [6.07, 6.45) is 9.83. The first kappa shape index (κ1) is 11.7. The topological polar surface area (TPSA) is 73.8 Å². The van der Waals surface area contributed by atoms with Crippen molar-refractivity contribution in [3.63, 3.8) is 0 Å². The molecule has 1 aromatic rings. The second-order valence-corrected chi connectivity index (χ2v) is 5.52. The van der Waals surface area contributed by atoms with Gasteiger partial charge in [0.1, 0.15) is 5.82 Å². The van der Waals surface area contributed by atoms with E-state index < -0.39 is 5.91 Å². The zero-order valence-corrected chi connectivity index (χ0v) is 10.6. The lowest BCUT2D eigenvalue weighted by molar-refractivity contribution is 0.0989. The summed E-state index contributed by atoms with van der Waals surface area (Å²) < 4.78 is 2.00. The summed E-state index contributed by atoms with van der Waals surface area (Å²) in [5.74, 6) is 1.33. The quantitative estimate of drug-likeness (QED) is 0.867. The number of rotatable bonds is 2. The van der Waals surface area contributed by atoms with Crippen LogP contribution in [0, 0.1) is 5.92 Å². The molecule has 0 saturated heterocycles. The van der Waals surface area contributed by atoms with E-state index in [-0.39, 0.29) is 5.82 Å². The number of hydrogen-bond acceptors (Lipinski definition) is 3. The van der Waals surface area contributed by atoms with Crippen LogP contribution in [0.25, 0.3) is 0 Å². The van der Waals surface area contributed by atoms with Crippen molar-refractivity contribution in [2.75, 3.05) is 0 Å². The monoisotopic (exact) mass is 248 g/mol. The van der Waals surface area contributed by atoms with Crippen molar-refractivity contribution < 1.29 is 4.79 Å². The Kier molecular flexibility index (Phi) is 3.06. The van der Waals surface area contributed by atoms with Crippen LogP contribution in [0.1, 0.15) is 67.4 Å². The number of nitrogens with zero attached hydrogens (tertiary/aromatic N) is 3. The van der Waals surface area contributed by atoms with Crippen molar-refractivity contribution in [3.05, 3.63) is 11.6 Å². The average molecular weight is 248 g/mol.